The number of rotatable bonds is 6. The zero-order valence-corrected chi connectivity index (χ0v) is 14.1. The smallest absolute Gasteiger partial charge is 0.191 e. The van der Waals surface area contributed by atoms with Gasteiger partial charge in [-0.2, -0.15) is 0 Å². The van der Waals surface area contributed by atoms with Gasteiger partial charge in [-0.15, -0.1) is 0 Å². The third-order valence-electron chi connectivity index (χ3n) is 3.46. The number of guanidine groups is 1. The average molecular weight is 311 g/mol. The fourth-order valence-electron chi connectivity index (χ4n) is 2.18. The zero-order valence-electron chi connectivity index (χ0n) is 14.1. The minimum atomic E-state index is 0.646. The SMILES string of the molecule is CN=C(NCCc1ccccc1)NCc1cccc(N(C)C)n1. The second-order valence-electron chi connectivity index (χ2n) is 5.47. The van der Waals surface area contributed by atoms with Crippen LogP contribution in [0.4, 0.5) is 5.82 Å². The average Bonchev–Trinajstić information content (AvgIpc) is 2.59. The maximum absolute atomic E-state index is 4.59. The van der Waals surface area contributed by atoms with Crippen molar-refractivity contribution in [1.82, 2.24) is 15.6 Å². The second-order valence-corrected chi connectivity index (χ2v) is 5.47. The Morgan fingerprint density at radius 3 is 2.52 bits per heavy atom. The molecule has 0 amide bonds. The molecule has 0 radical (unpaired) electrons. The predicted molar refractivity (Wildman–Crippen MR) is 96.9 cm³/mol. The monoisotopic (exact) mass is 311 g/mol. The standard InChI is InChI=1S/C18H25N5/c1-19-18(20-13-12-15-8-5-4-6-9-15)21-14-16-10-7-11-17(22-16)23(2)3/h4-11H,12-14H2,1-3H3,(H2,19,20,21). The van der Waals surface area contributed by atoms with E-state index in [4.69, 9.17) is 0 Å². The van der Waals surface area contributed by atoms with Crippen molar-refractivity contribution in [3.63, 3.8) is 0 Å². The highest BCUT2D eigenvalue weighted by molar-refractivity contribution is 5.79. The van der Waals surface area contributed by atoms with E-state index in [1.807, 2.05) is 43.3 Å². The lowest BCUT2D eigenvalue weighted by atomic mass is 10.1. The van der Waals surface area contributed by atoms with Crippen molar-refractivity contribution in [2.75, 3.05) is 32.6 Å². The van der Waals surface area contributed by atoms with Gasteiger partial charge in [0.25, 0.3) is 0 Å². The molecule has 0 aliphatic heterocycles. The first-order valence-electron chi connectivity index (χ1n) is 7.80. The summed E-state index contributed by atoms with van der Waals surface area (Å²) < 4.78 is 0. The second kappa shape index (κ2) is 8.78. The van der Waals surface area contributed by atoms with Gasteiger partial charge in [-0.1, -0.05) is 36.4 Å². The normalized spacial score (nSPS) is 11.2. The quantitative estimate of drug-likeness (QED) is 0.633. The molecule has 0 aliphatic carbocycles. The van der Waals surface area contributed by atoms with Crippen LogP contribution < -0.4 is 15.5 Å². The van der Waals surface area contributed by atoms with Crippen LogP contribution in [-0.2, 0) is 13.0 Å². The largest absolute Gasteiger partial charge is 0.363 e. The summed E-state index contributed by atoms with van der Waals surface area (Å²) in [5, 5.41) is 6.62. The highest BCUT2D eigenvalue weighted by Gasteiger charge is 2.02. The van der Waals surface area contributed by atoms with Gasteiger partial charge in [0.05, 0.1) is 12.2 Å². The highest BCUT2D eigenvalue weighted by Crippen LogP contribution is 2.07. The van der Waals surface area contributed by atoms with E-state index < -0.39 is 0 Å². The van der Waals surface area contributed by atoms with E-state index in [0.29, 0.717) is 6.54 Å². The Morgan fingerprint density at radius 1 is 1.04 bits per heavy atom. The molecule has 0 atom stereocenters. The lowest BCUT2D eigenvalue weighted by Crippen LogP contribution is -2.38. The molecule has 5 heteroatoms. The van der Waals surface area contributed by atoms with Crippen LogP contribution in [-0.4, -0.2) is 38.6 Å². The Balaban J connectivity index is 1.80. The minimum absolute atomic E-state index is 0.646. The van der Waals surface area contributed by atoms with E-state index in [2.05, 4.69) is 44.9 Å². The lowest BCUT2D eigenvalue weighted by Gasteiger charge is -2.14. The van der Waals surface area contributed by atoms with Gasteiger partial charge in [-0.05, 0) is 24.1 Å². The fourth-order valence-corrected chi connectivity index (χ4v) is 2.18. The van der Waals surface area contributed by atoms with Crippen LogP contribution in [0.5, 0.6) is 0 Å². The molecular formula is C18H25N5. The number of aliphatic imine (C=N–C) groups is 1. The molecule has 2 rings (SSSR count). The molecule has 2 N–H and O–H groups in total. The maximum Gasteiger partial charge on any atom is 0.191 e. The van der Waals surface area contributed by atoms with Gasteiger partial charge in [-0.25, -0.2) is 4.98 Å². The molecule has 0 unspecified atom stereocenters. The summed E-state index contributed by atoms with van der Waals surface area (Å²) in [6.45, 7) is 1.49. The first-order chi connectivity index (χ1) is 11.2. The van der Waals surface area contributed by atoms with E-state index >= 15 is 0 Å². The molecule has 0 spiro atoms. The Bertz CT molecular complexity index is 622. The molecule has 0 aliphatic rings. The van der Waals surface area contributed by atoms with E-state index in [-0.39, 0.29) is 0 Å². The Labute approximate surface area is 138 Å². The van der Waals surface area contributed by atoms with Crippen molar-refractivity contribution in [1.29, 1.82) is 0 Å². The van der Waals surface area contributed by atoms with Crippen LogP contribution >= 0.6 is 0 Å². The summed E-state index contributed by atoms with van der Waals surface area (Å²) in [6.07, 6.45) is 0.968. The molecule has 0 bridgehead atoms. The topological polar surface area (TPSA) is 52.6 Å². The molecule has 23 heavy (non-hydrogen) atoms. The fraction of sp³-hybridized carbons (Fsp3) is 0.333. The van der Waals surface area contributed by atoms with Crippen LogP contribution in [0.3, 0.4) is 0 Å². The van der Waals surface area contributed by atoms with E-state index in [0.717, 1.165) is 30.4 Å². The van der Waals surface area contributed by atoms with Crippen LogP contribution in [0.25, 0.3) is 0 Å². The lowest BCUT2D eigenvalue weighted by molar-refractivity contribution is 0.782. The van der Waals surface area contributed by atoms with E-state index in [9.17, 15) is 0 Å². The summed E-state index contributed by atoms with van der Waals surface area (Å²) in [5.41, 5.74) is 2.30. The number of aromatic nitrogens is 1. The molecule has 1 aromatic heterocycles. The minimum Gasteiger partial charge on any atom is -0.363 e. The molecule has 2 aromatic rings. The van der Waals surface area contributed by atoms with Gasteiger partial charge in [-0.3, -0.25) is 4.99 Å². The number of pyridine rings is 1. The number of hydrogen-bond donors (Lipinski definition) is 2. The summed E-state index contributed by atoms with van der Waals surface area (Å²) in [4.78, 5) is 10.8. The van der Waals surface area contributed by atoms with Crippen LogP contribution in [0.15, 0.2) is 53.5 Å². The third-order valence-corrected chi connectivity index (χ3v) is 3.46. The first-order valence-corrected chi connectivity index (χ1v) is 7.80. The molecule has 1 heterocycles. The Hall–Kier alpha value is -2.56. The number of hydrogen-bond acceptors (Lipinski definition) is 3. The van der Waals surface area contributed by atoms with Crippen LogP contribution in [0, 0.1) is 0 Å². The van der Waals surface area contributed by atoms with Gasteiger partial charge in [0, 0.05) is 27.7 Å². The van der Waals surface area contributed by atoms with Gasteiger partial charge in [0.15, 0.2) is 5.96 Å². The molecule has 122 valence electrons. The van der Waals surface area contributed by atoms with Gasteiger partial charge < -0.3 is 15.5 Å². The van der Waals surface area contributed by atoms with Crippen molar-refractivity contribution in [2.45, 2.75) is 13.0 Å². The van der Waals surface area contributed by atoms with Crippen molar-refractivity contribution in [2.24, 2.45) is 4.99 Å². The van der Waals surface area contributed by atoms with Crippen molar-refractivity contribution >= 4 is 11.8 Å². The number of benzene rings is 1. The summed E-state index contributed by atoms with van der Waals surface area (Å²) in [7, 11) is 5.76. The molecular weight excluding hydrogens is 286 g/mol. The molecule has 0 saturated heterocycles. The summed E-state index contributed by atoms with van der Waals surface area (Å²) in [6, 6.07) is 16.4. The van der Waals surface area contributed by atoms with Gasteiger partial charge >= 0.3 is 0 Å². The van der Waals surface area contributed by atoms with Crippen molar-refractivity contribution in [3.05, 3.63) is 59.8 Å². The zero-order chi connectivity index (χ0) is 16.5. The summed E-state index contributed by atoms with van der Waals surface area (Å²) >= 11 is 0. The third kappa shape index (κ3) is 5.62. The maximum atomic E-state index is 4.59. The highest BCUT2D eigenvalue weighted by atomic mass is 15.2. The number of anilines is 1. The Kier molecular flexibility index (Phi) is 6.41. The molecule has 1 aromatic carbocycles. The van der Waals surface area contributed by atoms with Crippen molar-refractivity contribution < 1.29 is 0 Å². The van der Waals surface area contributed by atoms with E-state index in [1.54, 1.807) is 7.05 Å². The number of nitrogens with zero attached hydrogens (tertiary/aromatic N) is 3. The predicted octanol–water partition coefficient (Wildman–Crippen LogP) is 2.06. The first kappa shape index (κ1) is 16.8. The van der Waals surface area contributed by atoms with Crippen LogP contribution in [0.1, 0.15) is 11.3 Å². The van der Waals surface area contributed by atoms with Crippen LogP contribution in [0.2, 0.25) is 0 Å². The molecule has 5 nitrogen and oxygen atoms in total. The molecule has 0 saturated carbocycles. The summed E-state index contributed by atoms with van der Waals surface area (Å²) in [5.74, 6) is 1.74. The number of nitrogens with one attached hydrogen (secondary N) is 2. The Morgan fingerprint density at radius 2 is 1.83 bits per heavy atom. The van der Waals surface area contributed by atoms with Gasteiger partial charge in [0.2, 0.25) is 0 Å². The molecule has 0 fully saturated rings. The van der Waals surface area contributed by atoms with Gasteiger partial charge in [0.1, 0.15) is 5.82 Å². The van der Waals surface area contributed by atoms with Crippen molar-refractivity contribution in [3.8, 4) is 0 Å². The van der Waals surface area contributed by atoms with E-state index in [1.165, 1.54) is 5.56 Å².